The number of likely N-dealkylation sites (tertiary alicyclic amines) is 1. The molecule has 0 aliphatic carbocycles. The van der Waals surface area contributed by atoms with Crippen molar-refractivity contribution in [3.63, 3.8) is 0 Å². The minimum absolute atomic E-state index is 0.865. The molecule has 0 amide bonds. The summed E-state index contributed by atoms with van der Waals surface area (Å²) in [5.41, 5.74) is 0. The maximum absolute atomic E-state index is 3.20. The molecular weight excluding hydrogens is 148 g/mol. The van der Waals surface area contributed by atoms with Gasteiger partial charge in [0.1, 0.15) is 0 Å². The van der Waals surface area contributed by atoms with E-state index in [1.165, 1.54) is 26.1 Å². The van der Waals surface area contributed by atoms with E-state index in [0.717, 1.165) is 18.4 Å². The van der Waals surface area contributed by atoms with Gasteiger partial charge in [0.15, 0.2) is 0 Å². The molecule has 1 rings (SSSR count). The monoisotopic (exact) mass is 170 g/mol. The molecule has 0 aromatic heterocycles. The van der Waals surface area contributed by atoms with Gasteiger partial charge in [0.05, 0.1) is 0 Å². The van der Waals surface area contributed by atoms with E-state index in [2.05, 4.69) is 24.1 Å². The number of hydrogen-bond acceptors (Lipinski definition) is 2. The largest absolute Gasteiger partial charge is 0.318 e. The van der Waals surface area contributed by atoms with Gasteiger partial charge in [-0.15, -0.1) is 0 Å². The predicted molar refractivity (Wildman–Crippen MR) is 53.3 cm³/mol. The van der Waals surface area contributed by atoms with Crippen molar-refractivity contribution in [2.24, 2.45) is 11.8 Å². The van der Waals surface area contributed by atoms with Crippen LogP contribution in [0.25, 0.3) is 0 Å². The molecule has 0 saturated carbocycles. The van der Waals surface area contributed by atoms with Crippen molar-refractivity contribution in [1.82, 2.24) is 10.2 Å². The first kappa shape index (κ1) is 10.0. The lowest BCUT2D eigenvalue weighted by Crippen LogP contribution is -2.29. The van der Waals surface area contributed by atoms with Gasteiger partial charge >= 0.3 is 0 Å². The van der Waals surface area contributed by atoms with Crippen LogP contribution in [0.15, 0.2) is 0 Å². The molecule has 0 aromatic carbocycles. The van der Waals surface area contributed by atoms with Gasteiger partial charge in [-0.3, -0.25) is 0 Å². The van der Waals surface area contributed by atoms with E-state index in [9.17, 15) is 0 Å². The van der Waals surface area contributed by atoms with Gasteiger partial charge in [-0.1, -0.05) is 13.8 Å². The second-order valence-electron chi connectivity index (χ2n) is 4.20. The lowest BCUT2D eigenvalue weighted by atomic mass is 9.95. The second kappa shape index (κ2) is 4.83. The average Bonchev–Trinajstić information content (AvgIpc) is 2.48. The molecule has 0 bridgehead atoms. The zero-order valence-corrected chi connectivity index (χ0v) is 8.64. The molecule has 1 aliphatic rings. The molecular formula is C10H22N2. The average molecular weight is 170 g/mol. The topological polar surface area (TPSA) is 15.3 Å². The third-order valence-electron chi connectivity index (χ3n) is 2.93. The van der Waals surface area contributed by atoms with Crippen LogP contribution in [0.5, 0.6) is 0 Å². The fraction of sp³-hybridized carbons (Fsp3) is 1.00. The van der Waals surface area contributed by atoms with Crippen molar-refractivity contribution in [3.8, 4) is 0 Å². The minimum Gasteiger partial charge on any atom is -0.318 e. The number of rotatable bonds is 4. The van der Waals surface area contributed by atoms with Crippen molar-refractivity contribution in [1.29, 1.82) is 0 Å². The number of nitrogens with one attached hydrogen (secondary N) is 1. The highest BCUT2D eigenvalue weighted by molar-refractivity contribution is 4.77. The third kappa shape index (κ3) is 2.76. The van der Waals surface area contributed by atoms with E-state index in [4.69, 9.17) is 0 Å². The van der Waals surface area contributed by atoms with E-state index in [0.29, 0.717) is 0 Å². The Bertz CT molecular complexity index is 123. The summed E-state index contributed by atoms with van der Waals surface area (Å²) in [5.74, 6) is 1.81. The Balaban J connectivity index is 2.17. The molecule has 2 heteroatoms. The molecule has 72 valence electrons. The highest BCUT2D eigenvalue weighted by Crippen LogP contribution is 2.22. The van der Waals surface area contributed by atoms with Gasteiger partial charge in [0.2, 0.25) is 0 Å². The van der Waals surface area contributed by atoms with Crippen LogP contribution in [0.4, 0.5) is 0 Å². The molecule has 1 aliphatic heterocycles. The lowest BCUT2D eigenvalue weighted by molar-refractivity contribution is 0.305. The van der Waals surface area contributed by atoms with Crippen molar-refractivity contribution in [3.05, 3.63) is 0 Å². The van der Waals surface area contributed by atoms with Crippen molar-refractivity contribution in [2.45, 2.75) is 20.3 Å². The Morgan fingerprint density at radius 3 is 2.75 bits per heavy atom. The van der Waals surface area contributed by atoms with Gasteiger partial charge in [0.25, 0.3) is 0 Å². The molecule has 1 N–H and O–H groups in total. The zero-order valence-electron chi connectivity index (χ0n) is 8.64. The molecule has 1 unspecified atom stereocenters. The summed E-state index contributed by atoms with van der Waals surface area (Å²) in [5, 5.41) is 3.20. The Morgan fingerprint density at radius 2 is 2.25 bits per heavy atom. The zero-order chi connectivity index (χ0) is 8.97. The number of nitrogens with zero attached hydrogens (tertiary/aromatic N) is 1. The Morgan fingerprint density at radius 1 is 1.50 bits per heavy atom. The van der Waals surface area contributed by atoms with E-state index in [1.54, 1.807) is 0 Å². The highest BCUT2D eigenvalue weighted by atomic mass is 15.2. The van der Waals surface area contributed by atoms with Crippen LogP contribution in [0.2, 0.25) is 0 Å². The highest BCUT2D eigenvalue weighted by Gasteiger charge is 2.23. The van der Waals surface area contributed by atoms with E-state index >= 15 is 0 Å². The molecule has 0 spiro atoms. The van der Waals surface area contributed by atoms with Gasteiger partial charge in [-0.05, 0) is 31.8 Å². The fourth-order valence-corrected chi connectivity index (χ4v) is 1.88. The summed E-state index contributed by atoms with van der Waals surface area (Å²) < 4.78 is 0. The molecule has 12 heavy (non-hydrogen) atoms. The predicted octanol–water partition coefficient (Wildman–Crippen LogP) is 1.18. The van der Waals surface area contributed by atoms with Crippen LogP contribution in [0.3, 0.4) is 0 Å². The summed E-state index contributed by atoms with van der Waals surface area (Å²) in [6.07, 6.45) is 1.40. The lowest BCUT2D eigenvalue weighted by Gasteiger charge is -2.17. The SMILES string of the molecule is CNCCN1CCC(C(C)C)C1. The van der Waals surface area contributed by atoms with Crippen LogP contribution >= 0.6 is 0 Å². The fourth-order valence-electron chi connectivity index (χ4n) is 1.88. The quantitative estimate of drug-likeness (QED) is 0.681. The number of hydrogen-bond donors (Lipinski definition) is 1. The van der Waals surface area contributed by atoms with Crippen molar-refractivity contribution < 1.29 is 0 Å². The standard InChI is InChI=1S/C10H22N2/c1-9(2)10-4-6-12(8-10)7-5-11-3/h9-11H,4-8H2,1-3H3. The maximum Gasteiger partial charge on any atom is 0.0107 e. The molecule has 1 saturated heterocycles. The first-order valence-electron chi connectivity index (χ1n) is 5.11. The van der Waals surface area contributed by atoms with Crippen molar-refractivity contribution >= 4 is 0 Å². The second-order valence-corrected chi connectivity index (χ2v) is 4.20. The van der Waals surface area contributed by atoms with Crippen LogP contribution < -0.4 is 5.32 Å². The molecule has 1 fully saturated rings. The Kier molecular flexibility index (Phi) is 4.02. The third-order valence-corrected chi connectivity index (χ3v) is 2.93. The molecule has 2 nitrogen and oxygen atoms in total. The Labute approximate surface area is 76.3 Å². The van der Waals surface area contributed by atoms with Gasteiger partial charge in [-0.25, -0.2) is 0 Å². The molecule has 0 radical (unpaired) electrons. The van der Waals surface area contributed by atoms with Gasteiger partial charge in [-0.2, -0.15) is 0 Å². The summed E-state index contributed by atoms with van der Waals surface area (Å²) in [4.78, 5) is 2.57. The minimum atomic E-state index is 0.865. The van der Waals surface area contributed by atoms with E-state index in [1.807, 2.05) is 7.05 Å². The summed E-state index contributed by atoms with van der Waals surface area (Å²) >= 11 is 0. The first-order valence-corrected chi connectivity index (χ1v) is 5.11. The first-order chi connectivity index (χ1) is 5.74. The van der Waals surface area contributed by atoms with Crippen LogP contribution in [0, 0.1) is 11.8 Å². The molecule has 0 aromatic rings. The summed E-state index contributed by atoms with van der Waals surface area (Å²) in [7, 11) is 2.02. The normalized spacial score (nSPS) is 25.5. The van der Waals surface area contributed by atoms with Gasteiger partial charge in [0, 0.05) is 19.6 Å². The molecule has 1 heterocycles. The number of likely N-dealkylation sites (N-methyl/N-ethyl adjacent to an activating group) is 1. The van der Waals surface area contributed by atoms with Gasteiger partial charge < -0.3 is 10.2 Å². The summed E-state index contributed by atoms with van der Waals surface area (Å²) in [6, 6.07) is 0. The molecule has 1 atom stereocenters. The van der Waals surface area contributed by atoms with Crippen LogP contribution in [-0.4, -0.2) is 38.1 Å². The maximum atomic E-state index is 3.20. The van der Waals surface area contributed by atoms with E-state index in [-0.39, 0.29) is 0 Å². The van der Waals surface area contributed by atoms with Crippen molar-refractivity contribution in [2.75, 3.05) is 33.2 Å². The summed E-state index contributed by atoms with van der Waals surface area (Å²) in [6.45, 7) is 9.66. The van der Waals surface area contributed by atoms with E-state index < -0.39 is 0 Å². The smallest absolute Gasteiger partial charge is 0.0107 e. The van der Waals surface area contributed by atoms with Crippen LogP contribution in [0.1, 0.15) is 20.3 Å². The Hall–Kier alpha value is -0.0800. The van der Waals surface area contributed by atoms with Crippen LogP contribution in [-0.2, 0) is 0 Å².